The van der Waals surface area contributed by atoms with Crippen LogP contribution in [0.4, 0.5) is 4.70 Å². The van der Waals surface area contributed by atoms with Gasteiger partial charge in [-0.15, -0.1) is 6.58 Å². The van der Waals surface area contributed by atoms with E-state index in [0.29, 0.717) is 5.41 Å². The van der Waals surface area contributed by atoms with Crippen LogP contribution in [-0.4, -0.2) is 0 Å². The monoisotopic (exact) mass is 104 g/mol. The van der Waals surface area contributed by atoms with Crippen LogP contribution in [0.5, 0.6) is 0 Å². The predicted molar refractivity (Wildman–Crippen MR) is 32.2 cm³/mol. The van der Waals surface area contributed by atoms with Crippen LogP contribution < -0.4 is 0 Å². The van der Waals surface area contributed by atoms with E-state index >= 15 is 0 Å². The first-order valence-corrected chi connectivity index (χ1v) is 2.20. The average Bonchev–Trinajstić information content (AvgIpc) is 1.35. The highest BCUT2D eigenvalue weighted by Crippen LogP contribution is 2.11. The molecule has 0 amide bonds. The molecule has 0 rings (SSSR count). The maximum absolute atomic E-state index is 3.63. The molecule has 1 heteroatoms. The zero-order valence-corrected chi connectivity index (χ0v) is 5.19. The molecule has 0 aromatic carbocycles. The highest BCUT2D eigenvalue weighted by atomic mass is 19.0. The van der Waals surface area contributed by atoms with Crippen molar-refractivity contribution in [3.63, 3.8) is 0 Å². The summed E-state index contributed by atoms with van der Waals surface area (Å²) in [6, 6.07) is 0. The lowest BCUT2D eigenvalue weighted by molar-refractivity contribution is 0.546. The van der Waals surface area contributed by atoms with Gasteiger partial charge in [0.25, 0.3) is 0 Å². The SMILES string of the molecule is C=CC(C)(C)C.F. The van der Waals surface area contributed by atoms with Crippen molar-refractivity contribution < 1.29 is 4.70 Å². The standard InChI is InChI=1S/C6H12.FH/c1-5-6(2,3)4;/h5H,1H2,2-4H3;1H. The van der Waals surface area contributed by atoms with E-state index in [1.807, 2.05) is 6.08 Å². The van der Waals surface area contributed by atoms with Crippen LogP contribution >= 0.6 is 0 Å². The minimum Gasteiger partial charge on any atom is -0.269 e. The van der Waals surface area contributed by atoms with Crippen molar-refractivity contribution in [1.29, 1.82) is 0 Å². The second-order valence-electron chi connectivity index (χ2n) is 2.57. The summed E-state index contributed by atoms with van der Waals surface area (Å²) >= 11 is 0. The Bertz CT molecular complexity index is 49.7. The molecule has 0 heterocycles. The van der Waals surface area contributed by atoms with Gasteiger partial charge < -0.3 is 0 Å². The molecule has 0 unspecified atom stereocenters. The first kappa shape index (κ1) is 9.83. The minimum absolute atomic E-state index is 0. The van der Waals surface area contributed by atoms with Crippen LogP contribution in [0.2, 0.25) is 0 Å². The molecule has 0 nitrogen and oxygen atoms in total. The molecule has 0 aliphatic rings. The molecular weight excluding hydrogens is 91.1 g/mol. The Hall–Kier alpha value is -0.330. The Morgan fingerprint density at radius 3 is 1.43 bits per heavy atom. The van der Waals surface area contributed by atoms with Gasteiger partial charge in [0.05, 0.1) is 0 Å². The van der Waals surface area contributed by atoms with Crippen molar-refractivity contribution in [3.05, 3.63) is 12.7 Å². The van der Waals surface area contributed by atoms with E-state index in [0.717, 1.165) is 0 Å². The Labute approximate surface area is 44.6 Å². The van der Waals surface area contributed by atoms with Gasteiger partial charge in [0.1, 0.15) is 0 Å². The van der Waals surface area contributed by atoms with E-state index in [2.05, 4.69) is 27.4 Å². The summed E-state index contributed by atoms with van der Waals surface area (Å²) in [6.07, 6.45) is 1.94. The van der Waals surface area contributed by atoms with Crippen LogP contribution in [0.1, 0.15) is 20.8 Å². The lowest BCUT2D eigenvalue weighted by Gasteiger charge is -2.08. The molecule has 7 heavy (non-hydrogen) atoms. The van der Waals surface area contributed by atoms with Crippen molar-refractivity contribution in [3.8, 4) is 0 Å². The summed E-state index contributed by atoms with van der Waals surface area (Å²) < 4.78 is 0. The van der Waals surface area contributed by atoms with E-state index in [1.54, 1.807) is 0 Å². The molecule has 0 aliphatic carbocycles. The van der Waals surface area contributed by atoms with Crippen LogP contribution in [0.3, 0.4) is 0 Å². The third-order valence-corrected chi connectivity index (χ3v) is 0.612. The Morgan fingerprint density at radius 2 is 1.43 bits per heavy atom. The largest absolute Gasteiger partial charge is 0.269 e. The van der Waals surface area contributed by atoms with Crippen LogP contribution in [0, 0.1) is 5.41 Å². The van der Waals surface area contributed by atoms with Gasteiger partial charge in [-0.25, -0.2) is 0 Å². The highest BCUT2D eigenvalue weighted by molar-refractivity contribution is 4.82. The van der Waals surface area contributed by atoms with Crippen molar-refractivity contribution in [2.24, 2.45) is 5.41 Å². The van der Waals surface area contributed by atoms with Crippen LogP contribution in [0.25, 0.3) is 0 Å². The van der Waals surface area contributed by atoms with Crippen molar-refractivity contribution in [2.75, 3.05) is 0 Å². The fourth-order valence-corrected chi connectivity index (χ4v) is 0. The molecule has 0 saturated heterocycles. The van der Waals surface area contributed by atoms with E-state index in [4.69, 9.17) is 0 Å². The van der Waals surface area contributed by atoms with Gasteiger partial charge in [-0.05, 0) is 5.41 Å². The molecule has 0 bridgehead atoms. The summed E-state index contributed by atoms with van der Waals surface area (Å²) in [5.74, 6) is 0. The van der Waals surface area contributed by atoms with Gasteiger partial charge >= 0.3 is 0 Å². The van der Waals surface area contributed by atoms with E-state index in [-0.39, 0.29) is 4.70 Å². The average molecular weight is 104 g/mol. The fraction of sp³-hybridized carbons (Fsp3) is 0.667. The highest BCUT2D eigenvalue weighted by Gasteiger charge is 1.99. The smallest absolute Gasteiger partial charge is 0.0206 e. The first-order chi connectivity index (χ1) is 2.56. The Morgan fingerprint density at radius 1 is 1.29 bits per heavy atom. The molecule has 0 saturated carbocycles. The van der Waals surface area contributed by atoms with Gasteiger partial charge in [-0.3, -0.25) is 4.70 Å². The van der Waals surface area contributed by atoms with Crippen molar-refractivity contribution in [2.45, 2.75) is 20.8 Å². The topological polar surface area (TPSA) is 0 Å². The molecule has 0 atom stereocenters. The molecule has 0 aromatic heterocycles. The molecule has 0 spiro atoms. The zero-order chi connectivity index (χ0) is 5.21. The van der Waals surface area contributed by atoms with Gasteiger partial charge in [0.2, 0.25) is 0 Å². The number of allylic oxidation sites excluding steroid dienone is 1. The summed E-state index contributed by atoms with van der Waals surface area (Å²) in [5, 5.41) is 0. The molecule has 0 N–H and O–H groups in total. The van der Waals surface area contributed by atoms with Crippen molar-refractivity contribution >= 4 is 0 Å². The molecule has 44 valence electrons. The summed E-state index contributed by atoms with van der Waals surface area (Å²) in [4.78, 5) is 0. The van der Waals surface area contributed by atoms with E-state index in [9.17, 15) is 0 Å². The third kappa shape index (κ3) is 10.7. The minimum atomic E-state index is 0. The van der Waals surface area contributed by atoms with E-state index < -0.39 is 0 Å². The molecule has 0 aromatic rings. The molecule has 0 fully saturated rings. The number of halogens is 1. The van der Waals surface area contributed by atoms with Gasteiger partial charge in [0, 0.05) is 0 Å². The second kappa shape index (κ2) is 2.78. The Kier molecular flexibility index (Phi) is 3.90. The Balaban J connectivity index is 0. The zero-order valence-electron chi connectivity index (χ0n) is 5.19. The summed E-state index contributed by atoms with van der Waals surface area (Å²) in [5.41, 5.74) is 0.306. The quantitative estimate of drug-likeness (QED) is 0.414. The second-order valence-corrected chi connectivity index (χ2v) is 2.57. The normalized spacial score (nSPS) is 9.57. The summed E-state index contributed by atoms with van der Waals surface area (Å²) in [7, 11) is 0. The van der Waals surface area contributed by atoms with Crippen molar-refractivity contribution in [1.82, 2.24) is 0 Å². The fourth-order valence-electron chi connectivity index (χ4n) is 0. The van der Waals surface area contributed by atoms with E-state index in [1.165, 1.54) is 0 Å². The number of rotatable bonds is 0. The number of hydrogen-bond acceptors (Lipinski definition) is 0. The van der Waals surface area contributed by atoms with Crippen LogP contribution in [0.15, 0.2) is 12.7 Å². The number of hydrogen-bond donors (Lipinski definition) is 0. The predicted octanol–water partition coefficient (Wildman–Crippen LogP) is 2.37. The lowest BCUT2D eigenvalue weighted by Crippen LogP contribution is -1.96. The van der Waals surface area contributed by atoms with Gasteiger partial charge in [0.15, 0.2) is 0 Å². The maximum atomic E-state index is 3.63. The lowest BCUT2D eigenvalue weighted by atomic mass is 9.98. The van der Waals surface area contributed by atoms with Gasteiger partial charge in [-0.2, -0.15) is 0 Å². The third-order valence-electron chi connectivity index (χ3n) is 0.612. The maximum Gasteiger partial charge on any atom is -0.0206 e. The summed E-state index contributed by atoms with van der Waals surface area (Å²) in [6.45, 7) is 10.0. The molecular formula is C6H13F. The van der Waals surface area contributed by atoms with Gasteiger partial charge in [-0.1, -0.05) is 26.8 Å². The van der Waals surface area contributed by atoms with Crippen LogP contribution in [-0.2, 0) is 0 Å². The first-order valence-electron chi connectivity index (χ1n) is 2.20. The molecule has 0 radical (unpaired) electrons. The molecule has 0 aliphatic heterocycles.